The Morgan fingerprint density at radius 3 is 1.08 bits per heavy atom. The second-order valence-corrected chi connectivity index (χ2v) is 23.9. The Bertz CT molecular complexity index is 2290. The maximum absolute atomic E-state index is 12.3. The van der Waals surface area contributed by atoms with Crippen molar-refractivity contribution in [1.29, 1.82) is 0 Å². The van der Waals surface area contributed by atoms with E-state index in [4.69, 9.17) is 56.8 Å². The molecule has 1 aliphatic carbocycles. The third-order valence-corrected chi connectivity index (χ3v) is 17.6. The first-order valence-corrected chi connectivity index (χ1v) is 29.9. The second kappa shape index (κ2) is 31.6. The molecule has 1 aromatic carbocycles. The van der Waals surface area contributed by atoms with Gasteiger partial charge in [-0.25, -0.2) is 0 Å². The SMILES string of the molecule is C=C(C)[C@@H]1CCC(C)=C[C@H]1c1c(O[C@H]2O[C@@H](CO)[C@H](O)[C@@H](O[C@H]3O[C@@H](CO)[C@H](O)[C@@H](O[C@H]4O[C@@H](CO)[C@H](O)[C@@H](O)[C@@H]4O)[C@@H]3O)[C@@H]2O)cc(CCCCC)cc1O[C@@H]1O[C@H](CO)[C@@H](O)[C@H](O[C@@H]2O[C@H](CO)[C@@H](O)[C@H](O[C@@H]3O[C@H](CO)[C@@H](O)[C@H](O)[C@H]3O)[C@H]2O)[C@H]1O. The summed E-state index contributed by atoms with van der Waals surface area (Å²) in [5.74, 6) is -1.18. The summed E-state index contributed by atoms with van der Waals surface area (Å²) in [6.07, 6.45) is -50.9. The van der Waals surface area contributed by atoms with E-state index in [-0.39, 0.29) is 23.0 Å². The largest absolute Gasteiger partial charge is 0.462 e. The lowest BCUT2D eigenvalue weighted by atomic mass is 9.73. The van der Waals surface area contributed by atoms with Crippen molar-refractivity contribution >= 4 is 0 Å². The molecule has 0 saturated carbocycles. The predicted octanol–water partition coefficient (Wildman–Crippen LogP) is -7.91. The Labute approximate surface area is 511 Å². The zero-order chi connectivity index (χ0) is 65.0. The molecule has 1 aromatic rings. The number of ether oxygens (including phenoxy) is 12. The molecule has 6 saturated heterocycles. The van der Waals surface area contributed by atoms with Crippen LogP contribution in [0.4, 0.5) is 0 Å². The minimum absolute atomic E-state index is 0.0490. The van der Waals surface area contributed by atoms with Gasteiger partial charge in [-0.3, -0.25) is 0 Å². The molecule has 6 fully saturated rings. The zero-order valence-electron chi connectivity index (χ0n) is 49.2. The molecular weight excluding hydrogens is 1200 g/mol. The molecule has 0 amide bonds. The van der Waals surface area contributed by atoms with Gasteiger partial charge in [-0.05, 0) is 63.1 Å². The van der Waals surface area contributed by atoms with Gasteiger partial charge in [0.1, 0.15) is 158 Å². The van der Waals surface area contributed by atoms with Crippen LogP contribution < -0.4 is 9.47 Å². The van der Waals surface area contributed by atoms with Gasteiger partial charge in [0.25, 0.3) is 0 Å². The van der Waals surface area contributed by atoms with Crippen LogP contribution in [0.15, 0.2) is 35.9 Å². The number of hydrogen-bond donors (Lipinski definition) is 20. The first-order chi connectivity index (χ1) is 42.4. The summed E-state index contributed by atoms with van der Waals surface area (Å²) in [6, 6.07) is 3.28. The molecule has 0 spiro atoms. The summed E-state index contributed by atoms with van der Waals surface area (Å²) in [5.41, 5.74) is 2.36. The Morgan fingerprint density at radius 1 is 0.438 bits per heavy atom. The topological polar surface area (TPSA) is 515 Å². The van der Waals surface area contributed by atoms with Crippen molar-refractivity contribution in [3.8, 4) is 11.5 Å². The minimum atomic E-state index is -2.13. The van der Waals surface area contributed by atoms with Gasteiger partial charge in [-0.15, -0.1) is 0 Å². The molecule has 32 heteroatoms. The normalized spacial score (nSPS) is 45.6. The van der Waals surface area contributed by atoms with Crippen LogP contribution in [0.3, 0.4) is 0 Å². The van der Waals surface area contributed by atoms with E-state index in [1.807, 2.05) is 26.8 Å². The number of aliphatic hydroxyl groups is 20. The van der Waals surface area contributed by atoms with Crippen LogP contribution in [0.25, 0.3) is 0 Å². The summed E-state index contributed by atoms with van der Waals surface area (Å²) in [5, 5.41) is 218. The van der Waals surface area contributed by atoms with Gasteiger partial charge < -0.3 is 159 Å². The summed E-state index contributed by atoms with van der Waals surface area (Å²) in [6.45, 7) is 4.47. The van der Waals surface area contributed by atoms with Gasteiger partial charge in [0, 0.05) is 11.5 Å². The van der Waals surface area contributed by atoms with Gasteiger partial charge in [0.15, 0.2) is 25.2 Å². The third kappa shape index (κ3) is 15.4. The fraction of sp³-hybridized carbons (Fsp3) is 0.825. The quantitative estimate of drug-likeness (QED) is 0.0338. The van der Waals surface area contributed by atoms with E-state index in [2.05, 4.69) is 6.58 Å². The highest BCUT2D eigenvalue weighted by Gasteiger charge is 2.57. The van der Waals surface area contributed by atoms with E-state index in [0.717, 1.165) is 18.4 Å². The molecule has 510 valence electrons. The monoisotopic (exact) mass is 1290 g/mol. The first kappa shape index (κ1) is 71.9. The molecule has 20 N–H and O–H groups in total. The average Bonchev–Trinajstić information content (AvgIpc) is 1.05. The molecule has 0 unspecified atom stereocenters. The fourth-order valence-electron chi connectivity index (χ4n) is 12.3. The van der Waals surface area contributed by atoms with Crippen LogP contribution in [0.5, 0.6) is 11.5 Å². The predicted molar refractivity (Wildman–Crippen MR) is 293 cm³/mol. The minimum Gasteiger partial charge on any atom is -0.462 e. The van der Waals surface area contributed by atoms with Crippen LogP contribution >= 0.6 is 0 Å². The Balaban J connectivity index is 1.13. The van der Waals surface area contributed by atoms with E-state index in [1.54, 1.807) is 12.1 Å². The first-order valence-electron chi connectivity index (χ1n) is 29.9. The van der Waals surface area contributed by atoms with Gasteiger partial charge in [-0.1, -0.05) is 43.6 Å². The lowest BCUT2D eigenvalue weighted by Crippen LogP contribution is -2.67. The lowest BCUT2D eigenvalue weighted by Gasteiger charge is -2.48. The highest BCUT2D eigenvalue weighted by Crippen LogP contribution is 2.49. The molecule has 7 aliphatic rings. The maximum Gasteiger partial charge on any atom is 0.229 e. The summed E-state index contributed by atoms with van der Waals surface area (Å²) in [7, 11) is 0. The number of unbranched alkanes of at least 4 members (excludes halogenated alkanes) is 2. The molecule has 0 radical (unpaired) electrons. The van der Waals surface area contributed by atoms with Crippen LogP contribution in [-0.2, 0) is 53.8 Å². The molecular formula is C57H90O32. The molecule has 0 aromatic heterocycles. The smallest absolute Gasteiger partial charge is 0.229 e. The van der Waals surface area contributed by atoms with E-state index >= 15 is 0 Å². The summed E-state index contributed by atoms with van der Waals surface area (Å²) < 4.78 is 71.4. The van der Waals surface area contributed by atoms with Gasteiger partial charge in [-0.2, -0.15) is 0 Å². The van der Waals surface area contributed by atoms with E-state index < -0.39 is 230 Å². The van der Waals surface area contributed by atoms with Crippen molar-refractivity contribution in [3.63, 3.8) is 0 Å². The van der Waals surface area contributed by atoms with E-state index in [1.165, 1.54) is 0 Å². The number of aliphatic hydroxyl groups excluding tert-OH is 20. The number of benzene rings is 1. The number of rotatable bonds is 24. The second-order valence-electron chi connectivity index (χ2n) is 23.9. The van der Waals surface area contributed by atoms with Gasteiger partial charge >= 0.3 is 0 Å². The maximum atomic E-state index is 12.3. The van der Waals surface area contributed by atoms with Crippen molar-refractivity contribution in [2.75, 3.05) is 39.6 Å². The van der Waals surface area contributed by atoms with Crippen LogP contribution in [-0.4, -0.2) is 326 Å². The molecule has 89 heavy (non-hydrogen) atoms. The standard InChI is InChI=1S/C57H90O32/c1-5-6-7-8-22-12-25(78-54-44(74)48(36(66)29(16-60)82-54)88-56-46(76)50(38(68)31(18-62)84-56)86-52-42(72)40(70)34(64)27(14-58)80-52)33(24-11-21(4)9-10-23(24)20(2)3)26(13-22)79-55-45(75)49(37(67)30(17-61)83-55)89-57-47(77)51(39(69)32(19-63)85-57)87-53-43(73)41(71)35(65)28(15-59)81-53/h11-13,23-24,27-32,34-77H,2,5-10,14-19H2,1,3-4H3/t23-,24+,27-,28+,29-,30+,31-,32+,34-,35+,36-,37+,38-,39+,40+,41-,42-,43+,44-,45+,46-,47+,48+,49-,50+,51-,52+,53-,54-,55+,56+,57-/m0/s1. The van der Waals surface area contributed by atoms with E-state index in [0.29, 0.717) is 36.8 Å². The Kier molecular flexibility index (Phi) is 25.5. The van der Waals surface area contributed by atoms with Crippen molar-refractivity contribution in [2.45, 2.75) is 249 Å². The summed E-state index contributed by atoms with van der Waals surface area (Å²) >= 11 is 0. The van der Waals surface area contributed by atoms with Gasteiger partial charge in [0.2, 0.25) is 12.6 Å². The highest BCUT2D eigenvalue weighted by atomic mass is 16.8. The lowest BCUT2D eigenvalue weighted by molar-refractivity contribution is -0.378. The third-order valence-electron chi connectivity index (χ3n) is 17.6. The Morgan fingerprint density at radius 2 is 0.753 bits per heavy atom. The zero-order valence-corrected chi connectivity index (χ0v) is 49.2. The van der Waals surface area contributed by atoms with Crippen molar-refractivity contribution in [2.24, 2.45) is 5.92 Å². The number of aryl methyl sites for hydroxylation is 1. The average molecular weight is 1290 g/mol. The fourth-order valence-corrected chi connectivity index (χ4v) is 12.3. The van der Waals surface area contributed by atoms with Gasteiger partial charge in [0.05, 0.1) is 39.6 Å². The van der Waals surface area contributed by atoms with Crippen LogP contribution in [0.1, 0.15) is 69.9 Å². The molecule has 6 heterocycles. The molecule has 32 nitrogen and oxygen atoms in total. The molecule has 8 rings (SSSR count). The highest BCUT2D eigenvalue weighted by molar-refractivity contribution is 5.53. The van der Waals surface area contributed by atoms with Crippen molar-refractivity contribution < 1.29 is 159 Å². The number of hydrogen-bond acceptors (Lipinski definition) is 32. The Hall–Kier alpha value is -2.90. The summed E-state index contributed by atoms with van der Waals surface area (Å²) in [4.78, 5) is 0. The van der Waals surface area contributed by atoms with Crippen molar-refractivity contribution in [1.82, 2.24) is 0 Å². The molecule has 0 bridgehead atoms. The van der Waals surface area contributed by atoms with E-state index in [9.17, 15) is 102 Å². The van der Waals surface area contributed by atoms with Crippen LogP contribution in [0, 0.1) is 5.92 Å². The molecule has 32 atom stereocenters. The molecule has 6 aliphatic heterocycles. The van der Waals surface area contributed by atoms with Crippen molar-refractivity contribution in [3.05, 3.63) is 47.1 Å². The number of allylic oxidation sites excluding steroid dienone is 3. The van der Waals surface area contributed by atoms with Crippen LogP contribution in [0.2, 0.25) is 0 Å².